The lowest BCUT2D eigenvalue weighted by molar-refractivity contribution is -0.384. The van der Waals surface area contributed by atoms with Crippen LogP contribution in [-0.4, -0.2) is 10.6 Å². The van der Waals surface area contributed by atoms with Gasteiger partial charge in [-0.2, -0.15) is 13.2 Å². The van der Waals surface area contributed by atoms with Gasteiger partial charge in [-0.15, -0.1) is 0 Å². The molecule has 0 aromatic heterocycles. The number of allylic oxidation sites excluding steroid dienone is 1. The predicted octanol–water partition coefficient (Wildman–Crippen LogP) is 7.04. The number of nitro benzene ring substituents is 1. The van der Waals surface area contributed by atoms with E-state index in [4.69, 9.17) is 0 Å². The molecule has 0 N–H and O–H groups in total. The molecule has 0 unspecified atom stereocenters. The van der Waals surface area contributed by atoms with E-state index in [1.165, 1.54) is 36.0 Å². The van der Waals surface area contributed by atoms with Crippen LogP contribution in [0.1, 0.15) is 11.1 Å². The summed E-state index contributed by atoms with van der Waals surface area (Å²) in [6, 6.07) is 20.1. The van der Waals surface area contributed by atoms with Crippen molar-refractivity contribution in [3.63, 3.8) is 0 Å². The highest BCUT2D eigenvalue weighted by Crippen LogP contribution is 2.31. The zero-order valence-electron chi connectivity index (χ0n) is 15.4. The molecular weight excluding hydrogens is 413 g/mol. The lowest BCUT2D eigenvalue weighted by atomic mass is 10.1. The van der Waals surface area contributed by atoms with Gasteiger partial charge in [-0.1, -0.05) is 30.0 Å². The Labute approximate surface area is 174 Å². The van der Waals surface area contributed by atoms with Crippen molar-refractivity contribution in [3.8, 4) is 0 Å². The third kappa shape index (κ3) is 5.81. The maximum Gasteiger partial charge on any atom is 0.416 e. The number of nitrogens with zero attached hydrogens (tertiary/aromatic N) is 2. The van der Waals surface area contributed by atoms with Gasteiger partial charge in [0.15, 0.2) is 0 Å². The molecular formula is C22H15F3N2O2S. The molecule has 8 heteroatoms. The van der Waals surface area contributed by atoms with Crippen LogP contribution in [0, 0.1) is 10.1 Å². The minimum absolute atomic E-state index is 0.0269. The lowest BCUT2D eigenvalue weighted by Crippen LogP contribution is -2.03. The normalized spacial score (nSPS) is 12.3. The van der Waals surface area contributed by atoms with Gasteiger partial charge in [0.05, 0.1) is 21.9 Å². The summed E-state index contributed by atoms with van der Waals surface area (Å²) in [7, 11) is 0. The first-order valence-electron chi connectivity index (χ1n) is 8.72. The minimum Gasteiger partial charge on any atom is -0.258 e. The molecule has 0 saturated carbocycles. The Bertz CT molecular complexity index is 1060. The van der Waals surface area contributed by atoms with Gasteiger partial charge in [0.2, 0.25) is 0 Å². The average molecular weight is 428 g/mol. The van der Waals surface area contributed by atoms with Gasteiger partial charge in [-0.25, -0.2) is 4.99 Å². The number of benzene rings is 3. The number of nitro groups is 1. The molecule has 4 nitrogen and oxygen atoms in total. The van der Waals surface area contributed by atoms with Crippen LogP contribution in [-0.2, 0) is 6.18 Å². The van der Waals surface area contributed by atoms with Crippen molar-refractivity contribution in [2.75, 3.05) is 0 Å². The van der Waals surface area contributed by atoms with Crippen molar-refractivity contribution >= 4 is 28.8 Å². The molecule has 0 atom stereocenters. The van der Waals surface area contributed by atoms with Gasteiger partial charge in [0.1, 0.15) is 0 Å². The summed E-state index contributed by atoms with van der Waals surface area (Å²) in [4.78, 5) is 15.6. The van der Waals surface area contributed by atoms with Crippen LogP contribution in [0.4, 0.5) is 24.5 Å². The second-order valence-electron chi connectivity index (χ2n) is 6.08. The number of para-hydroxylation sites is 1. The van der Waals surface area contributed by atoms with Crippen LogP contribution >= 0.6 is 11.8 Å². The first-order chi connectivity index (χ1) is 14.3. The molecule has 0 spiro atoms. The molecule has 0 heterocycles. The van der Waals surface area contributed by atoms with Crippen LogP contribution in [0.5, 0.6) is 0 Å². The Hall–Kier alpha value is -3.39. The molecule has 3 aromatic carbocycles. The number of hydrogen-bond donors (Lipinski definition) is 0. The summed E-state index contributed by atoms with van der Waals surface area (Å²) in [5.74, 6) is 0. The third-order valence-electron chi connectivity index (χ3n) is 3.99. The van der Waals surface area contributed by atoms with Crippen molar-refractivity contribution in [1.82, 2.24) is 0 Å². The minimum atomic E-state index is -4.37. The molecule has 0 bridgehead atoms. The van der Waals surface area contributed by atoms with E-state index in [-0.39, 0.29) is 5.69 Å². The largest absolute Gasteiger partial charge is 0.416 e. The van der Waals surface area contributed by atoms with E-state index in [1.54, 1.807) is 23.6 Å². The molecule has 30 heavy (non-hydrogen) atoms. The van der Waals surface area contributed by atoms with Crippen molar-refractivity contribution in [1.29, 1.82) is 0 Å². The van der Waals surface area contributed by atoms with Gasteiger partial charge in [-0.05, 0) is 60.0 Å². The van der Waals surface area contributed by atoms with Gasteiger partial charge in [0.25, 0.3) is 5.69 Å². The van der Waals surface area contributed by atoms with E-state index in [2.05, 4.69) is 4.99 Å². The quantitative estimate of drug-likeness (QED) is 0.183. The molecule has 0 aliphatic carbocycles. The Balaban J connectivity index is 1.83. The molecule has 0 radical (unpaired) electrons. The Kier molecular flexibility index (Phi) is 6.68. The van der Waals surface area contributed by atoms with E-state index in [1.807, 2.05) is 30.3 Å². The van der Waals surface area contributed by atoms with Crippen LogP contribution < -0.4 is 0 Å². The van der Waals surface area contributed by atoms with Crippen molar-refractivity contribution in [2.24, 2.45) is 4.99 Å². The maximum absolute atomic E-state index is 12.7. The highest BCUT2D eigenvalue weighted by Gasteiger charge is 2.29. The van der Waals surface area contributed by atoms with Crippen LogP contribution in [0.15, 0.2) is 100 Å². The summed E-state index contributed by atoms with van der Waals surface area (Å²) < 4.78 is 38.0. The summed E-state index contributed by atoms with van der Waals surface area (Å²) in [5.41, 5.74) is 1.22. The first-order valence-corrected chi connectivity index (χ1v) is 9.60. The SMILES string of the molecule is O=[N+]([O-])c1ccc(C(C=CSc2ccc(C(F)(F)F)cc2)=Nc2ccccc2)cc1. The van der Waals surface area contributed by atoms with E-state index in [0.29, 0.717) is 21.9 Å². The molecule has 0 fully saturated rings. The van der Waals surface area contributed by atoms with Crippen LogP contribution in [0.25, 0.3) is 0 Å². The van der Waals surface area contributed by atoms with Gasteiger partial charge in [0, 0.05) is 22.6 Å². The molecule has 0 aliphatic rings. The molecule has 0 saturated heterocycles. The van der Waals surface area contributed by atoms with Crippen molar-refractivity contribution in [3.05, 3.63) is 112 Å². The monoisotopic (exact) mass is 428 g/mol. The van der Waals surface area contributed by atoms with Crippen LogP contribution in [0.2, 0.25) is 0 Å². The van der Waals surface area contributed by atoms with E-state index in [9.17, 15) is 23.3 Å². The van der Waals surface area contributed by atoms with Crippen molar-refractivity contribution in [2.45, 2.75) is 11.1 Å². The maximum atomic E-state index is 12.7. The summed E-state index contributed by atoms with van der Waals surface area (Å²) in [6.07, 6.45) is -2.65. The third-order valence-corrected chi connectivity index (χ3v) is 4.81. The number of alkyl halides is 3. The molecule has 152 valence electrons. The first kappa shape index (κ1) is 21.3. The summed E-state index contributed by atoms with van der Waals surface area (Å²) >= 11 is 1.24. The number of non-ortho nitro benzene ring substituents is 1. The van der Waals surface area contributed by atoms with E-state index >= 15 is 0 Å². The van der Waals surface area contributed by atoms with Gasteiger partial charge >= 0.3 is 6.18 Å². The number of rotatable bonds is 6. The second-order valence-corrected chi connectivity index (χ2v) is 7.06. The number of aliphatic imine (C=N–C) groups is 1. The lowest BCUT2D eigenvalue weighted by Gasteiger charge is -2.06. The van der Waals surface area contributed by atoms with Crippen LogP contribution in [0.3, 0.4) is 0 Å². The average Bonchev–Trinajstić information content (AvgIpc) is 2.73. The van der Waals surface area contributed by atoms with Crippen molar-refractivity contribution < 1.29 is 18.1 Å². The highest BCUT2D eigenvalue weighted by atomic mass is 32.2. The fraction of sp³-hybridized carbons (Fsp3) is 0.0455. The molecule has 3 rings (SSSR count). The van der Waals surface area contributed by atoms with E-state index in [0.717, 1.165) is 12.1 Å². The zero-order valence-corrected chi connectivity index (χ0v) is 16.2. The van der Waals surface area contributed by atoms with Gasteiger partial charge in [-0.3, -0.25) is 10.1 Å². The number of thioether (sulfide) groups is 1. The topological polar surface area (TPSA) is 55.5 Å². The predicted molar refractivity (Wildman–Crippen MR) is 112 cm³/mol. The Morgan fingerprint density at radius 1 is 0.933 bits per heavy atom. The fourth-order valence-corrected chi connectivity index (χ4v) is 3.14. The number of halogens is 3. The standard InChI is InChI=1S/C22H15F3N2O2S/c23-22(24,25)17-8-12-20(13-9-17)30-15-14-21(26-18-4-2-1-3-5-18)16-6-10-19(11-7-16)27(28)29/h1-15H. The molecule has 0 aliphatic heterocycles. The summed E-state index contributed by atoms with van der Waals surface area (Å²) in [6.45, 7) is 0. The Morgan fingerprint density at radius 2 is 1.57 bits per heavy atom. The zero-order chi connectivity index (χ0) is 21.6. The second kappa shape index (κ2) is 9.41. The van der Waals surface area contributed by atoms with E-state index < -0.39 is 16.7 Å². The highest BCUT2D eigenvalue weighted by molar-refractivity contribution is 8.02. The smallest absolute Gasteiger partial charge is 0.258 e. The molecule has 0 amide bonds. The Morgan fingerprint density at radius 3 is 2.13 bits per heavy atom. The summed E-state index contributed by atoms with van der Waals surface area (Å²) in [5, 5.41) is 12.6. The molecule has 3 aromatic rings. The van der Waals surface area contributed by atoms with Gasteiger partial charge < -0.3 is 0 Å². The number of hydrogen-bond acceptors (Lipinski definition) is 4. The fourth-order valence-electron chi connectivity index (χ4n) is 2.49.